The van der Waals surface area contributed by atoms with Gasteiger partial charge in [-0.2, -0.15) is 0 Å². The Hall–Kier alpha value is -2.38. The van der Waals surface area contributed by atoms with Gasteiger partial charge in [-0.05, 0) is 61.6 Å². The number of carbonyl (C=O) groups excluding carboxylic acids is 1. The number of carbonyl (C=O) groups is 1. The first-order chi connectivity index (χ1) is 14.1. The van der Waals surface area contributed by atoms with Gasteiger partial charge in [0.05, 0.1) is 18.0 Å². The van der Waals surface area contributed by atoms with Crippen molar-refractivity contribution >= 4 is 15.9 Å². The maximum absolute atomic E-state index is 12.6. The molecule has 30 heavy (non-hydrogen) atoms. The van der Waals surface area contributed by atoms with Gasteiger partial charge in [-0.25, -0.2) is 12.7 Å². The molecule has 0 saturated heterocycles. The van der Waals surface area contributed by atoms with E-state index in [4.69, 9.17) is 4.74 Å². The first-order valence-electron chi connectivity index (χ1n) is 10.1. The number of hydrogen-bond donors (Lipinski definition) is 1. The standard InChI is InChI=1S/C23H32N2O4S/c1-7-21(20-11-8-16(2)14-17(20)3)24-23(26)13-9-18-15-19(10-12-22(18)29-6)30(27,28)25(4)5/h8,10-12,14-15,21H,7,9,13H2,1-6H3,(H,24,26)/t21-/m0/s1. The highest BCUT2D eigenvalue weighted by molar-refractivity contribution is 7.89. The van der Waals surface area contributed by atoms with Crippen LogP contribution in [-0.4, -0.2) is 39.8 Å². The molecule has 7 heteroatoms. The summed E-state index contributed by atoms with van der Waals surface area (Å²) in [5.41, 5.74) is 4.16. The van der Waals surface area contributed by atoms with Crippen LogP contribution in [0.1, 0.15) is 48.1 Å². The normalized spacial score (nSPS) is 12.6. The predicted molar refractivity (Wildman–Crippen MR) is 119 cm³/mol. The molecule has 2 aromatic carbocycles. The van der Waals surface area contributed by atoms with E-state index < -0.39 is 10.0 Å². The quantitative estimate of drug-likeness (QED) is 0.655. The maximum atomic E-state index is 12.6. The van der Waals surface area contributed by atoms with E-state index >= 15 is 0 Å². The van der Waals surface area contributed by atoms with Gasteiger partial charge in [-0.1, -0.05) is 30.7 Å². The van der Waals surface area contributed by atoms with E-state index in [0.717, 1.165) is 17.5 Å². The summed E-state index contributed by atoms with van der Waals surface area (Å²) in [7, 11) is 0.962. The van der Waals surface area contributed by atoms with Crippen LogP contribution in [0.4, 0.5) is 0 Å². The molecule has 1 atom stereocenters. The molecule has 2 rings (SSSR count). The molecule has 0 unspecified atom stereocenters. The lowest BCUT2D eigenvalue weighted by Crippen LogP contribution is -2.29. The minimum atomic E-state index is -3.55. The summed E-state index contributed by atoms with van der Waals surface area (Å²) in [6.45, 7) is 6.15. The van der Waals surface area contributed by atoms with E-state index in [9.17, 15) is 13.2 Å². The van der Waals surface area contributed by atoms with Crippen LogP contribution in [0.15, 0.2) is 41.3 Å². The van der Waals surface area contributed by atoms with Crippen molar-refractivity contribution in [1.82, 2.24) is 9.62 Å². The number of aryl methyl sites for hydroxylation is 3. The summed E-state index contributed by atoms with van der Waals surface area (Å²) in [6.07, 6.45) is 1.41. The highest BCUT2D eigenvalue weighted by Crippen LogP contribution is 2.26. The molecule has 0 aliphatic heterocycles. The number of rotatable bonds is 9. The number of nitrogens with one attached hydrogen (secondary N) is 1. The molecular formula is C23H32N2O4S. The summed E-state index contributed by atoms with van der Waals surface area (Å²) >= 11 is 0. The van der Waals surface area contributed by atoms with Crippen molar-refractivity contribution in [1.29, 1.82) is 0 Å². The summed E-state index contributed by atoms with van der Waals surface area (Å²) in [5, 5.41) is 3.11. The summed E-state index contributed by atoms with van der Waals surface area (Å²) < 4.78 is 31.4. The first-order valence-corrected chi connectivity index (χ1v) is 11.5. The number of nitrogens with zero attached hydrogens (tertiary/aromatic N) is 1. The fraction of sp³-hybridized carbons (Fsp3) is 0.435. The SMILES string of the molecule is CC[C@H](NC(=O)CCc1cc(S(=O)(=O)N(C)C)ccc1OC)c1ccc(C)cc1C. The molecule has 0 spiro atoms. The third-order valence-corrected chi connectivity index (χ3v) is 7.01. The molecule has 0 heterocycles. The molecule has 0 fully saturated rings. The lowest BCUT2D eigenvalue weighted by Gasteiger charge is -2.20. The molecule has 164 valence electrons. The average Bonchev–Trinajstić information content (AvgIpc) is 2.70. The van der Waals surface area contributed by atoms with Gasteiger partial charge in [0.2, 0.25) is 15.9 Å². The molecule has 2 aromatic rings. The Kier molecular flexibility index (Phi) is 8.03. The number of amides is 1. The highest BCUT2D eigenvalue weighted by Gasteiger charge is 2.20. The van der Waals surface area contributed by atoms with Crippen LogP contribution in [0.25, 0.3) is 0 Å². The second-order valence-electron chi connectivity index (χ2n) is 7.65. The minimum absolute atomic E-state index is 0.0551. The summed E-state index contributed by atoms with van der Waals surface area (Å²) in [6, 6.07) is 10.9. The van der Waals surface area contributed by atoms with E-state index in [0.29, 0.717) is 17.7 Å². The number of ether oxygens (including phenoxy) is 1. The fourth-order valence-electron chi connectivity index (χ4n) is 3.45. The van der Waals surface area contributed by atoms with Gasteiger partial charge >= 0.3 is 0 Å². The van der Waals surface area contributed by atoms with Gasteiger partial charge in [-0.3, -0.25) is 4.79 Å². The van der Waals surface area contributed by atoms with Gasteiger partial charge in [-0.15, -0.1) is 0 Å². The van der Waals surface area contributed by atoms with Crippen LogP contribution < -0.4 is 10.1 Å². The van der Waals surface area contributed by atoms with E-state index in [2.05, 4.69) is 30.4 Å². The molecule has 0 bridgehead atoms. The number of sulfonamides is 1. The molecule has 1 amide bonds. The second-order valence-corrected chi connectivity index (χ2v) is 9.80. The molecular weight excluding hydrogens is 400 g/mol. The third kappa shape index (κ3) is 5.61. The monoisotopic (exact) mass is 432 g/mol. The smallest absolute Gasteiger partial charge is 0.242 e. The Morgan fingerprint density at radius 1 is 1.13 bits per heavy atom. The molecule has 0 saturated carbocycles. The van der Waals surface area contributed by atoms with Crippen LogP contribution in [-0.2, 0) is 21.2 Å². The minimum Gasteiger partial charge on any atom is -0.496 e. The summed E-state index contributed by atoms with van der Waals surface area (Å²) in [4.78, 5) is 12.8. The molecule has 0 radical (unpaired) electrons. The Balaban J connectivity index is 2.14. The van der Waals surface area contributed by atoms with Gasteiger partial charge in [0.1, 0.15) is 5.75 Å². The van der Waals surface area contributed by atoms with Crippen molar-refractivity contribution in [3.05, 3.63) is 58.7 Å². The first kappa shape index (κ1) is 23.9. The Labute approximate surface area is 180 Å². The van der Waals surface area contributed by atoms with Crippen LogP contribution >= 0.6 is 0 Å². The molecule has 0 aliphatic carbocycles. The van der Waals surface area contributed by atoms with Crippen molar-refractivity contribution in [2.24, 2.45) is 0 Å². The average molecular weight is 433 g/mol. The molecule has 1 N–H and O–H groups in total. The largest absolute Gasteiger partial charge is 0.496 e. The number of hydrogen-bond acceptors (Lipinski definition) is 4. The third-order valence-electron chi connectivity index (χ3n) is 5.20. The van der Waals surface area contributed by atoms with Gasteiger partial charge in [0, 0.05) is 20.5 Å². The highest BCUT2D eigenvalue weighted by atomic mass is 32.2. The topological polar surface area (TPSA) is 75.7 Å². The van der Waals surface area contributed by atoms with Crippen molar-refractivity contribution in [2.45, 2.75) is 51.0 Å². The van der Waals surface area contributed by atoms with E-state index in [-0.39, 0.29) is 23.3 Å². The predicted octanol–water partition coefficient (Wildman–Crippen LogP) is 3.76. The fourth-order valence-corrected chi connectivity index (χ4v) is 4.41. The number of benzene rings is 2. The lowest BCUT2D eigenvalue weighted by atomic mass is 9.97. The molecule has 0 aromatic heterocycles. The Morgan fingerprint density at radius 2 is 1.83 bits per heavy atom. The molecule has 0 aliphatic rings. The van der Waals surface area contributed by atoms with Crippen LogP contribution in [0.2, 0.25) is 0 Å². The molecule has 6 nitrogen and oxygen atoms in total. The zero-order valence-corrected chi connectivity index (χ0v) is 19.5. The maximum Gasteiger partial charge on any atom is 0.242 e. The zero-order valence-electron chi connectivity index (χ0n) is 18.7. The second kappa shape index (κ2) is 10.1. The van der Waals surface area contributed by atoms with E-state index in [1.165, 1.54) is 37.1 Å². The van der Waals surface area contributed by atoms with Gasteiger partial charge in [0.25, 0.3) is 0 Å². The lowest BCUT2D eigenvalue weighted by molar-refractivity contribution is -0.121. The van der Waals surface area contributed by atoms with E-state index in [1.54, 1.807) is 12.1 Å². The Morgan fingerprint density at radius 3 is 2.40 bits per heavy atom. The number of methoxy groups -OCH3 is 1. The van der Waals surface area contributed by atoms with Crippen molar-refractivity contribution < 1.29 is 17.9 Å². The van der Waals surface area contributed by atoms with Crippen molar-refractivity contribution in [3.8, 4) is 5.75 Å². The van der Waals surface area contributed by atoms with Crippen LogP contribution in [0, 0.1) is 13.8 Å². The van der Waals surface area contributed by atoms with Gasteiger partial charge < -0.3 is 10.1 Å². The summed E-state index contributed by atoms with van der Waals surface area (Å²) in [5.74, 6) is 0.492. The van der Waals surface area contributed by atoms with E-state index in [1.807, 2.05) is 13.8 Å². The van der Waals surface area contributed by atoms with Crippen LogP contribution in [0.5, 0.6) is 5.75 Å². The van der Waals surface area contributed by atoms with Crippen molar-refractivity contribution in [2.75, 3.05) is 21.2 Å². The van der Waals surface area contributed by atoms with Crippen LogP contribution in [0.3, 0.4) is 0 Å². The zero-order chi connectivity index (χ0) is 22.5. The van der Waals surface area contributed by atoms with Crippen molar-refractivity contribution in [3.63, 3.8) is 0 Å². The van der Waals surface area contributed by atoms with Gasteiger partial charge in [0.15, 0.2) is 0 Å². The Bertz CT molecular complexity index is 1000.